The Bertz CT molecular complexity index is 148. The van der Waals surface area contributed by atoms with Crippen molar-refractivity contribution in [3.05, 3.63) is 0 Å². The van der Waals surface area contributed by atoms with E-state index in [1.807, 2.05) is 0 Å². The molecular weight excluding hydrogens is 194 g/mol. The highest BCUT2D eigenvalue weighted by atomic mass is 14.9. The second-order valence-corrected chi connectivity index (χ2v) is 5.52. The molecule has 0 aromatic carbocycles. The van der Waals surface area contributed by atoms with Crippen molar-refractivity contribution in [1.82, 2.24) is 5.32 Å². The van der Waals surface area contributed by atoms with Crippen molar-refractivity contribution in [2.24, 2.45) is 5.92 Å². The Morgan fingerprint density at radius 3 is 2.25 bits per heavy atom. The van der Waals surface area contributed by atoms with E-state index in [0.29, 0.717) is 0 Å². The molecule has 1 saturated carbocycles. The van der Waals surface area contributed by atoms with Crippen molar-refractivity contribution in [3.8, 4) is 0 Å². The quantitative estimate of drug-likeness (QED) is 0.599. The van der Waals surface area contributed by atoms with E-state index in [1.165, 1.54) is 70.8 Å². The molecule has 0 spiro atoms. The Labute approximate surface area is 102 Å². The minimum absolute atomic E-state index is 0.842. The van der Waals surface area contributed by atoms with Gasteiger partial charge in [-0.3, -0.25) is 0 Å². The predicted molar refractivity (Wildman–Crippen MR) is 72.8 cm³/mol. The summed E-state index contributed by atoms with van der Waals surface area (Å²) in [7, 11) is 0. The lowest BCUT2D eigenvalue weighted by atomic mass is 9.83. The molecule has 0 aliphatic heterocycles. The first-order valence-corrected chi connectivity index (χ1v) is 7.60. The maximum Gasteiger partial charge on any atom is 0.00672 e. The van der Waals surface area contributed by atoms with Crippen molar-refractivity contribution in [3.63, 3.8) is 0 Å². The molecule has 1 rings (SSSR count). The molecule has 0 heterocycles. The van der Waals surface area contributed by atoms with Crippen molar-refractivity contribution < 1.29 is 0 Å². The molecule has 0 aromatic rings. The Kier molecular flexibility index (Phi) is 7.92. The summed E-state index contributed by atoms with van der Waals surface area (Å²) in [4.78, 5) is 0. The zero-order valence-electron chi connectivity index (χ0n) is 11.4. The summed E-state index contributed by atoms with van der Waals surface area (Å²) in [6.07, 6.45) is 14.2. The molecule has 1 nitrogen and oxygen atoms in total. The van der Waals surface area contributed by atoms with E-state index in [9.17, 15) is 0 Å². The zero-order chi connectivity index (χ0) is 11.6. The molecule has 0 amide bonds. The van der Waals surface area contributed by atoms with Gasteiger partial charge < -0.3 is 5.32 Å². The van der Waals surface area contributed by atoms with Crippen LogP contribution in [0.4, 0.5) is 0 Å². The van der Waals surface area contributed by atoms with Gasteiger partial charge in [-0.25, -0.2) is 0 Å². The van der Waals surface area contributed by atoms with Crippen LogP contribution in [0.2, 0.25) is 0 Å². The predicted octanol–water partition coefficient (Wildman–Crippen LogP) is 4.52. The molecule has 0 unspecified atom stereocenters. The lowest BCUT2D eigenvalue weighted by Gasteiger charge is -2.29. The summed E-state index contributed by atoms with van der Waals surface area (Å²) in [5.74, 6) is 1.04. The third-order valence-corrected chi connectivity index (χ3v) is 4.01. The summed E-state index contributed by atoms with van der Waals surface area (Å²) in [5, 5.41) is 3.74. The second kappa shape index (κ2) is 9.04. The molecule has 1 aliphatic carbocycles. The molecule has 0 aromatic heterocycles. The van der Waals surface area contributed by atoms with E-state index in [2.05, 4.69) is 19.2 Å². The number of rotatable bonds is 8. The first kappa shape index (κ1) is 14.0. The minimum Gasteiger partial charge on any atom is -0.314 e. The average Bonchev–Trinajstić information content (AvgIpc) is 2.31. The average molecular weight is 225 g/mol. The molecule has 96 valence electrons. The number of hydrogen-bond acceptors (Lipinski definition) is 1. The van der Waals surface area contributed by atoms with Gasteiger partial charge in [0.2, 0.25) is 0 Å². The topological polar surface area (TPSA) is 12.0 Å². The SMILES string of the molecule is CCCCCCNC1CCC(CCC)CC1. The standard InChI is InChI=1S/C15H31N/c1-3-5-6-7-13-16-15-11-9-14(8-4-2)10-12-15/h14-16H,3-13H2,1-2H3. The van der Waals surface area contributed by atoms with Crippen LogP contribution in [0.15, 0.2) is 0 Å². The first-order chi connectivity index (χ1) is 7.86. The largest absolute Gasteiger partial charge is 0.314 e. The van der Waals surface area contributed by atoms with Gasteiger partial charge in [0.1, 0.15) is 0 Å². The van der Waals surface area contributed by atoms with Gasteiger partial charge in [0.15, 0.2) is 0 Å². The van der Waals surface area contributed by atoms with Gasteiger partial charge in [0, 0.05) is 6.04 Å². The number of hydrogen-bond donors (Lipinski definition) is 1. The van der Waals surface area contributed by atoms with Crippen LogP contribution in [0.5, 0.6) is 0 Å². The first-order valence-electron chi connectivity index (χ1n) is 7.60. The summed E-state index contributed by atoms with van der Waals surface area (Å²) < 4.78 is 0. The van der Waals surface area contributed by atoms with Gasteiger partial charge in [-0.15, -0.1) is 0 Å². The van der Waals surface area contributed by atoms with Crippen LogP contribution >= 0.6 is 0 Å². The Hall–Kier alpha value is -0.0400. The molecular formula is C15H31N. The van der Waals surface area contributed by atoms with E-state index in [0.717, 1.165) is 12.0 Å². The van der Waals surface area contributed by atoms with Gasteiger partial charge in [-0.1, -0.05) is 46.0 Å². The van der Waals surface area contributed by atoms with Crippen LogP contribution < -0.4 is 5.32 Å². The number of nitrogens with one attached hydrogen (secondary N) is 1. The van der Waals surface area contributed by atoms with Gasteiger partial charge >= 0.3 is 0 Å². The monoisotopic (exact) mass is 225 g/mol. The van der Waals surface area contributed by atoms with Crippen LogP contribution in [0.1, 0.15) is 78.1 Å². The Balaban J connectivity index is 1.95. The molecule has 0 atom stereocenters. The Morgan fingerprint density at radius 2 is 1.62 bits per heavy atom. The highest BCUT2D eigenvalue weighted by Gasteiger charge is 2.19. The van der Waals surface area contributed by atoms with Crippen LogP contribution in [0.25, 0.3) is 0 Å². The third-order valence-electron chi connectivity index (χ3n) is 4.01. The van der Waals surface area contributed by atoms with Gasteiger partial charge in [-0.2, -0.15) is 0 Å². The van der Waals surface area contributed by atoms with Crippen molar-refractivity contribution >= 4 is 0 Å². The summed E-state index contributed by atoms with van der Waals surface area (Å²) in [5.41, 5.74) is 0. The van der Waals surface area contributed by atoms with Crippen LogP contribution in [-0.4, -0.2) is 12.6 Å². The maximum absolute atomic E-state index is 3.74. The summed E-state index contributed by atoms with van der Waals surface area (Å²) >= 11 is 0. The van der Waals surface area contributed by atoms with Crippen molar-refractivity contribution in [1.29, 1.82) is 0 Å². The van der Waals surface area contributed by atoms with Crippen LogP contribution in [0.3, 0.4) is 0 Å². The van der Waals surface area contributed by atoms with Gasteiger partial charge in [-0.05, 0) is 44.6 Å². The number of unbranched alkanes of at least 4 members (excludes halogenated alkanes) is 3. The molecule has 1 aliphatic rings. The van der Waals surface area contributed by atoms with Gasteiger partial charge in [0.25, 0.3) is 0 Å². The Morgan fingerprint density at radius 1 is 0.875 bits per heavy atom. The van der Waals surface area contributed by atoms with Crippen molar-refractivity contribution in [2.75, 3.05) is 6.54 Å². The summed E-state index contributed by atoms with van der Waals surface area (Å²) in [6.45, 7) is 5.85. The van der Waals surface area contributed by atoms with E-state index in [1.54, 1.807) is 0 Å². The molecule has 16 heavy (non-hydrogen) atoms. The molecule has 0 radical (unpaired) electrons. The van der Waals surface area contributed by atoms with E-state index >= 15 is 0 Å². The normalized spacial score (nSPS) is 25.9. The molecule has 0 saturated heterocycles. The second-order valence-electron chi connectivity index (χ2n) is 5.52. The minimum atomic E-state index is 0.842. The van der Waals surface area contributed by atoms with Crippen LogP contribution in [0, 0.1) is 5.92 Å². The fraction of sp³-hybridized carbons (Fsp3) is 1.00. The smallest absolute Gasteiger partial charge is 0.00672 e. The van der Waals surface area contributed by atoms with Crippen LogP contribution in [-0.2, 0) is 0 Å². The van der Waals surface area contributed by atoms with E-state index in [4.69, 9.17) is 0 Å². The van der Waals surface area contributed by atoms with Crippen molar-refractivity contribution in [2.45, 2.75) is 84.1 Å². The lowest BCUT2D eigenvalue weighted by molar-refractivity contribution is 0.278. The van der Waals surface area contributed by atoms with E-state index < -0.39 is 0 Å². The molecule has 0 bridgehead atoms. The fourth-order valence-electron chi connectivity index (χ4n) is 2.92. The lowest BCUT2D eigenvalue weighted by Crippen LogP contribution is -2.33. The summed E-state index contributed by atoms with van der Waals surface area (Å²) in [6, 6.07) is 0.842. The molecule has 1 heteroatoms. The fourth-order valence-corrected chi connectivity index (χ4v) is 2.92. The zero-order valence-corrected chi connectivity index (χ0v) is 11.4. The van der Waals surface area contributed by atoms with Gasteiger partial charge in [0.05, 0.1) is 0 Å². The van der Waals surface area contributed by atoms with E-state index in [-0.39, 0.29) is 0 Å². The third kappa shape index (κ3) is 5.89. The highest BCUT2D eigenvalue weighted by molar-refractivity contribution is 4.76. The maximum atomic E-state index is 3.74. The molecule has 1 N–H and O–H groups in total. The highest BCUT2D eigenvalue weighted by Crippen LogP contribution is 2.27. The molecule has 1 fully saturated rings.